The summed E-state index contributed by atoms with van der Waals surface area (Å²) in [5.74, 6) is -0.633. The van der Waals surface area contributed by atoms with Crippen LogP contribution in [0.5, 0.6) is 0 Å². The normalized spacial score (nSPS) is 18.3. The zero-order valence-corrected chi connectivity index (χ0v) is 18.7. The van der Waals surface area contributed by atoms with Gasteiger partial charge in [0.15, 0.2) is 0 Å². The van der Waals surface area contributed by atoms with Crippen LogP contribution in [0.1, 0.15) is 43.4 Å². The van der Waals surface area contributed by atoms with E-state index in [1.807, 2.05) is 67.6 Å². The van der Waals surface area contributed by atoms with E-state index in [1.165, 1.54) is 0 Å². The average molecular weight is 430 g/mol. The predicted octanol–water partition coefficient (Wildman–Crippen LogP) is 4.68. The van der Waals surface area contributed by atoms with Crippen LogP contribution in [-0.4, -0.2) is 29.3 Å². The molecule has 164 valence electrons. The van der Waals surface area contributed by atoms with Gasteiger partial charge in [0.25, 0.3) is 5.91 Å². The van der Waals surface area contributed by atoms with Crippen LogP contribution in [0.3, 0.4) is 0 Å². The number of benzene rings is 3. The number of rotatable bonds is 5. The topological polar surface area (TPSA) is 78.5 Å². The van der Waals surface area contributed by atoms with Gasteiger partial charge in [-0.25, -0.2) is 4.79 Å². The molecule has 6 nitrogen and oxygen atoms in total. The average Bonchev–Trinajstić information content (AvgIpc) is 2.98. The van der Waals surface area contributed by atoms with Gasteiger partial charge in [0, 0.05) is 5.69 Å². The second-order valence-corrected chi connectivity index (χ2v) is 8.72. The molecular weight excluding hydrogens is 402 g/mol. The monoisotopic (exact) mass is 429 g/mol. The van der Waals surface area contributed by atoms with Crippen LogP contribution in [0.2, 0.25) is 0 Å². The Labute approximate surface area is 187 Å². The molecule has 1 saturated heterocycles. The number of nitrogens with zero attached hydrogens (tertiary/aromatic N) is 1. The Morgan fingerprint density at radius 2 is 1.72 bits per heavy atom. The van der Waals surface area contributed by atoms with Gasteiger partial charge < -0.3 is 10.6 Å². The van der Waals surface area contributed by atoms with Crippen molar-refractivity contribution in [1.82, 2.24) is 10.2 Å². The maximum Gasteiger partial charge on any atom is 0.325 e. The molecular formula is C26H27N3O3. The van der Waals surface area contributed by atoms with Crippen LogP contribution in [0.25, 0.3) is 10.8 Å². The van der Waals surface area contributed by atoms with Crippen LogP contribution in [0.15, 0.2) is 60.7 Å². The molecule has 6 heteroatoms. The summed E-state index contributed by atoms with van der Waals surface area (Å²) >= 11 is 0. The highest BCUT2D eigenvalue weighted by Gasteiger charge is 2.50. The second kappa shape index (κ2) is 8.11. The van der Waals surface area contributed by atoms with E-state index in [0.717, 1.165) is 32.5 Å². The first kappa shape index (κ1) is 21.6. The molecule has 0 aliphatic carbocycles. The van der Waals surface area contributed by atoms with Crippen molar-refractivity contribution in [1.29, 1.82) is 0 Å². The first-order valence-corrected chi connectivity index (χ1v) is 10.7. The van der Waals surface area contributed by atoms with Crippen LogP contribution in [0, 0.1) is 6.92 Å². The van der Waals surface area contributed by atoms with E-state index >= 15 is 0 Å². The molecule has 0 aromatic heterocycles. The highest BCUT2D eigenvalue weighted by molar-refractivity contribution is 6.11. The molecule has 1 unspecified atom stereocenters. The van der Waals surface area contributed by atoms with E-state index < -0.39 is 23.4 Å². The molecule has 3 aromatic carbocycles. The molecule has 3 aromatic rings. The van der Waals surface area contributed by atoms with Crippen molar-refractivity contribution in [2.75, 3.05) is 11.9 Å². The number of para-hydroxylation sites is 1. The van der Waals surface area contributed by atoms with Crippen LogP contribution < -0.4 is 10.6 Å². The van der Waals surface area contributed by atoms with E-state index in [4.69, 9.17) is 0 Å². The van der Waals surface area contributed by atoms with E-state index in [1.54, 1.807) is 6.92 Å². The Balaban J connectivity index is 1.60. The van der Waals surface area contributed by atoms with Gasteiger partial charge in [0.2, 0.25) is 5.91 Å². The fourth-order valence-corrected chi connectivity index (χ4v) is 4.35. The van der Waals surface area contributed by atoms with Crippen molar-refractivity contribution in [2.45, 2.75) is 39.2 Å². The molecule has 1 fully saturated rings. The standard InChI is InChI=1S/C26H27N3O3/c1-16(2)19-13-7-9-17(3)23(19)27-22(30)15-29-24(31)26(4,28-25(29)32)21-14-8-11-18-10-5-6-12-20(18)21/h5-14,16H,15H2,1-4H3,(H,27,30)(H,28,32). The van der Waals surface area contributed by atoms with Crippen molar-refractivity contribution in [3.8, 4) is 0 Å². The number of urea groups is 1. The maximum atomic E-state index is 13.4. The summed E-state index contributed by atoms with van der Waals surface area (Å²) < 4.78 is 0. The molecule has 4 rings (SSSR count). The molecule has 1 aliphatic rings. The van der Waals surface area contributed by atoms with Crippen molar-refractivity contribution in [3.05, 3.63) is 77.4 Å². The van der Waals surface area contributed by atoms with Gasteiger partial charge in [-0.2, -0.15) is 0 Å². The Hall–Kier alpha value is -3.67. The van der Waals surface area contributed by atoms with Crippen molar-refractivity contribution >= 4 is 34.3 Å². The lowest BCUT2D eigenvalue weighted by Crippen LogP contribution is -2.42. The van der Waals surface area contributed by atoms with Gasteiger partial charge in [-0.3, -0.25) is 14.5 Å². The summed E-state index contributed by atoms with van der Waals surface area (Å²) in [5.41, 5.74) is 2.14. The molecule has 1 heterocycles. The summed E-state index contributed by atoms with van der Waals surface area (Å²) in [6, 6.07) is 18.7. The Morgan fingerprint density at radius 1 is 1.03 bits per heavy atom. The zero-order chi connectivity index (χ0) is 23.0. The van der Waals surface area contributed by atoms with Gasteiger partial charge in [-0.1, -0.05) is 74.5 Å². The molecule has 0 bridgehead atoms. The van der Waals surface area contributed by atoms with E-state index in [-0.39, 0.29) is 12.5 Å². The van der Waals surface area contributed by atoms with Crippen LogP contribution in [-0.2, 0) is 15.1 Å². The number of hydrogen-bond donors (Lipinski definition) is 2. The van der Waals surface area contributed by atoms with Gasteiger partial charge in [-0.05, 0) is 47.2 Å². The third-order valence-electron chi connectivity index (χ3n) is 6.10. The van der Waals surface area contributed by atoms with Crippen molar-refractivity contribution < 1.29 is 14.4 Å². The minimum atomic E-state index is -1.25. The third-order valence-corrected chi connectivity index (χ3v) is 6.10. The van der Waals surface area contributed by atoms with Gasteiger partial charge in [0.1, 0.15) is 12.1 Å². The number of nitrogens with one attached hydrogen (secondary N) is 2. The Morgan fingerprint density at radius 3 is 2.47 bits per heavy atom. The number of fused-ring (bicyclic) bond motifs is 1. The molecule has 0 radical (unpaired) electrons. The molecule has 4 amide bonds. The van der Waals surface area contributed by atoms with E-state index in [2.05, 4.69) is 24.5 Å². The highest BCUT2D eigenvalue weighted by Crippen LogP contribution is 2.34. The van der Waals surface area contributed by atoms with Gasteiger partial charge >= 0.3 is 6.03 Å². The minimum Gasteiger partial charge on any atom is -0.324 e. The lowest BCUT2D eigenvalue weighted by atomic mass is 9.88. The number of carbonyl (C=O) groups is 3. The zero-order valence-electron chi connectivity index (χ0n) is 18.7. The Bertz CT molecular complexity index is 1230. The first-order chi connectivity index (χ1) is 15.2. The molecule has 1 aliphatic heterocycles. The van der Waals surface area contributed by atoms with E-state index in [9.17, 15) is 14.4 Å². The summed E-state index contributed by atoms with van der Waals surface area (Å²) in [5, 5.41) is 7.58. The SMILES string of the molecule is Cc1cccc(C(C)C)c1NC(=O)CN1C(=O)NC(C)(c2cccc3ccccc23)C1=O. The quantitative estimate of drug-likeness (QED) is 0.578. The summed E-state index contributed by atoms with van der Waals surface area (Å²) in [6.07, 6.45) is 0. The second-order valence-electron chi connectivity index (χ2n) is 8.72. The van der Waals surface area contributed by atoms with Crippen molar-refractivity contribution in [2.24, 2.45) is 0 Å². The number of carbonyl (C=O) groups excluding carboxylic acids is 3. The summed E-state index contributed by atoms with van der Waals surface area (Å²) in [4.78, 5) is 40.0. The lowest BCUT2D eigenvalue weighted by molar-refractivity contribution is -0.133. The molecule has 0 spiro atoms. The molecule has 32 heavy (non-hydrogen) atoms. The molecule has 1 atom stereocenters. The maximum absolute atomic E-state index is 13.4. The number of anilines is 1. The molecule has 0 saturated carbocycles. The number of hydrogen-bond acceptors (Lipinski definition) is 3. The van der Waals surface area contributed by atoms with E-state index in [0.29, 0.717) is 5.56 Å². The number of imide groups is 1. The fourth-order valence-electron chi connectivity index (χ4n) is 4.35. The summed E-state index contributed by atoms with van der Waals surface area (Å²) in [7, 11) is 0. The number of amides is 4. The number of aryl methyl sites for hydroxylation is 1. The predicted molar refractivity (Wildman–Crippen MR) is 125 cm³/mol. The fraction of sp³-hybridized carbons (Fsp3) is 0.269. The van der Waals surface area contributed by atoms with Gasteiger partial charge in [-0.15, -0.1) is 0 Å². The summed E-state index contributed by atoms with van der Waals surface area (Å²) in [6.45, 7) is 7.36. The minimum absolute atomic E-state index is 0.219. The third kappa shape index (κ3) is 3.62. The van der Waals surface area contributed by atoms with Crippen LogP contribution in [0.4, 0.5) is 10.5 Å². The largest absolute Gasteiger partial charge is 0.325 e. The lowest BCUT2D eigenvalue weighted by Gasteiger charge is -2.24. The molecule has 2 N–H and O–H groups in total. The van der Waals surface area contributed by atoms with Gasteiger partial charge in [0.05, 0.1) is 0 Å². The highest BCUT2D eigenvalue weighted by atomic mass is 16.2. The van der Waals surface area contributed by atoms with Crippen molar-refractivity contribution in [3.63, 3.8) is 0 Å². The smallest absolute Gasteiger partial charge is 0.324 e. The Kier molecular flexibility index (Phi) is 5.46. The first-order valence-electron chi connectivity index (χ1n) is 10.7. The van der Waals surface area contributed by atoms with Crippen LogP contribution >= 0.6 is 0 Å².